The molecule has 0 fully saturated rings. The first-order valence-corrected chi connectivity index (χ1v) is 6.80. The minimum absolute atomic E-state index is 0.00555. The van der Waals surface area contributed by atoms with E-state index in [4.69, 9.17) is 45.1 Å². The molecule has 0 amide bonds. The highest BCUT2D eigenvalue weighted by Crippen LogP contribution is 2.32. The Labute approximate surface area is 135 Å². The molecule has 106 valence electrons. The molecule has 0 atom stereocenters. The van der Waals surface area contributed by atoms with Crippen LogP contribution in [0.5, 0.6) is 5.75 Å². The molecule has 2 aromatic carbocycles. The summed E-state index contributed by atoms with van der Waals surface area (Å²) < 4.78 is 5.09. The highest BCUT2D eigenvalue weighted by Gasteiger charge is 2.27. The van der Waals surface area contributed by atoms with Gasteiger partial charge in [-0.25, -0.2) is 4.79 Å². The highest BCUT2D eigenvalue weighted by molar-refractivity contribution is 6.43. The summed E-state index contributed by atoms with van der Waals surface area (Å²) >= 11 is 17.6. The zero-order valence-corrected chi connectivity index (χ0v) is 12.7. The van der Waals surface area contributed by atoms with Crippen LogP contribution in [0.3, 0.4) is 0 Å². The van der Waals surface area contributed by atoms with Gasteiger partial charge in [0, 0.05) is 5.02 Å². The Morgan fingerprint density at radius 2 is 1.67 bits per heavy atom. The molecular formula is C14H7Cl3N2O2. The molecule has 0 aliphatic heterocycles. The molecule has 7 heteroatoms. The van der Waals surface area contributed by atoms with Crippen LogP contribution in [-0.4, -0.2) is 16.5 Å². The van der Waals surface area contributed by atoms with Crippen LogP contribution < -0.4 is 4.74 Å². The predicted octanol–water partition coefficient (Wildman–Crippen LogP) is 4.27. The number of hydrogen-bond acceptors (Lipinski definition) is 2. The van der Waals surface area contributed by atoms with Gasteiger partial charge in [-0.2, -0.15) is 4.79 Å². The Morgan fingerprint density at radius 3 is 2.24 bits per heavy atom. The van der Waals surface area contributed by atoms with Crippen LogP contribution in [0, 0.1) is 0 Å². The third-order valence-electron chi connectivity index (χ3n) is 2.51. The first-order chi connectivity index (χ1) is 10.0. The van der Waals surface area contributed by atoms with Gasteiger partial charge in [0.05, 0.1) is 15.6 Å². The molecule has 0 aliphatic rings. The maximum absolute atomic E-state index is 12.1. The largest absolute Gasteiger partial charge is 0.427 e. The van der Waals surface area contributed by atoms with Crippen LogP contribution in [0.15, 0.2) is 42.5 Å². The van der Waals surface area contributed by atoms with Gasteiger partial charge in [-0.1, -0.05) is 46.9 Å². The number of carbonyl (C=O) groups excluding carboxylic acids is 1. The minimum atomic E-state index is -0.908. The molecule has 2 aromatic rings. The molecule has 0 spiro atoms. The number of benzene rings is 2. The molecular weight excluding hydrogens is 335 g/mol. The third-order valence-corrected chi connectivity index (χ3v) is 3.34. The Morgan fingerprint density at radius 1 is 1.05 bits per heavy atom. The number of rotatable bonds is 3. The fourth-order valence-electron chi connectivity index (χ4n) is 1.57. The van der Waals surface area contributed by atoms with Crippen molar-refractivity contribution in [2.45, 2.75) is 0 Å². The predicted molar refractivity (Wildman–Crippen MR) is 81.3 cm³/mol. The fraction of sp³-hybridized carbons (Fsp3) is 0. The SMILES string of the molecule is [N-]=[N+]=C(C(=O)Oc1c(Cl)cccc1Cl)c1cccc(Cl)c1. The third kappa shape index (κ3) is 3.63. The van der Waals surface area contributed by atoms with Crippen LogP contribution in [-0.2, 0) is 4.79 Å². The van der Waals surface area contributed by atoms with Gasteiger partial charge in [-0.05, 0) is 30.3 Å². The van der Waals surface area contributed by atoms with Gasteiger partial charge in [0.1, 0.15) is 0 Å². The summed E-state index contributed by atoms with van der Waals surface area (Å²) in [5.41, 5.74) is 9.03. The number of ether oxygens (including phenoxy) is 1. The Kier molecular flexibility index (Phi) is 4.99. The van der Waals surface area contributed by atoms with E-state index in [0.717, 1.165) is 0 Å². The second-order valence-electron chi connectivity index (χ2n) is 3.90. The van der Waals surface area contributed by atoms with Crippen molar-refractivity contribution in [1.29, 1.82) is 0 Å². The highest BCUT2D eigenvalue weighted by atomic mass is 35.5. The summed E-state index contributed by atoms with van der Waals surface area (Å²) in [4.78, 5) is 15.0. The van der Waals surface area contributed by atoms with Gasteiger partial charge in [0.15, 0.2) is 5.75 Å². The van der Waals surface area contributed by atoms with Gasteiger partial charge < -0.3 is 10.3 Å². The van der Waals surface area contributed by atoms with Crippen molar-refractivity contribution in [3.8, 4) is 5.75 Å². The second-order valence-corrected chi connectivity index (χ2v) is 5.15. The van der Waals surface area contributed by atoms with E-state index in [1.54, 1.807) is 24.3 Å². The smallest absolute Gasteiger partial charge is 0.414 e. The van der Waals surface area contributed by atoms with E-state index < -0.39 is 5.97 Å². The van der Waals surface area contributed by atoms with E-state index in [1.807, 2.05) is 0 Å². The molecule has 0 N–H and O–H groups in total. The van der Waals surface area contributed by atoms with Gasteiger partial charge >= 0.3 is 11.7 Å². The molecule has 0 bridgehead atoms. The Hall–Kier alpha value is -1.84. The summed E-state index contributed by atoms with van der Waals surface area (Å²) in [6.45, 7) is 0. The van der Waals surface area contributed by atoms with Gasteiger partial charge in [-0.15, -0.1) is 0 Å². The standard InChI is InChI=1S/C14H7Cl3N2O2/c15-9-4-1-3-8(7-9)12(19-18)14(20)21-13-10(16)5-2-6-11(13)17/h1-7H. The number of hydrogen-bond donors (Lipinski definition) is 0. The molecule has 0 aromatic heterocycles. The summed E-state index contributed by atoms with van der Waals surface area (Å²) in [5.74, 6) is -0.913. The normalized spacial score (nSPS) is 9.86. The summed E-state index contributed by atoms with van der Waals surface area (Å²) in [6.07, 6.45) is 0. The molecule has 2 rings (SSSR count). The first kappa shape index (κ1) is 15.5. The summed E-state index contributed by atoms with van der Waals surface area (Å²) in [7, 11) is 0. The molecule has 4 nitrogen and oxygen atoms in total. The fourth-order valence-corrected chi connectivity index (χ4v) is 2.24. The quantitative estimate of drug-likeness (QED) is 0.275. The van der Waals surface area contributed by atoms with Crippen LogP contribution in [0.2, 0.25) is 15.1 Å². The maximum Gasteiger partial charge on any atom is 0.427 e. The van der Waals surface area contributed by atoms with Gasteiger partial charge in [0.25, 0.3) is 0 Å². The van der Waals surface area contributed by atoms with E-state index in [0.29, 0.717) is 10.6 Å². The topological polar surface area (TPSA) is 62.7 Å². The van der Waals surface area contributed by atoms with Crippen molar-refractivity contribution in [2.24, 2.45) is 0 Å². The number of para-hydroxylation sites is 1. The van der Waals surface area contributed by atoms with E-state index >= 15 is 0 Å². The average molecular weight is 342 g/mol. The Bertz CT molecular complexity index is 735. The number of carbonyl (C=O) groups is 1. The number of halogens is 3. The molecule has 0 aliphatic carbocycles. The van der Waals surface area contributed by atoms with Crippen molar-refractivity contribution < 1.29 is 14.3 Å². The average Bonchev–Trinajstić information content (AvgIpc) is 2.44. The summed E-state index contributed by atoms with van der Waals surface area (Å²) in [5, 5.41) is 0.718. The van der Waals surface area contributed by atoms with Crippen molar-refractivity contribution in [3.05, 3.63) is 68.6 Å². The second kappa shape index (κ2) is 6.74. The maximum atomic E-state index is 12.1. The van der Waals surface area contributed by atoms with Gasteiger partial charge in [-0.3, -0.25) is 0 Å². The van der Waals surface area contributed by atoms with Crippen molar-refractivity contribution in [2.75, 3.05) is 0 Å². The van der Waals surface area contributed by atoms with Crippen molar-refractivity contribution in [3.63, 3.8) is 0 Å². The lowest BCUT2D eigenvalue weighted by Gasteiger charge is -2.05. The molecule has 0 saturated carbocycles. The van der Waals surface area contributed by atoms with Crippen LogP contribution >= 0.6 is 34.8 Å². The number of esters is 1. The zero-order chi connectivity index (χ0) is 15.4. The minimum Gasteiger partial charge on any atom is -0.414 e. The molecule has 0 saturated heterocycles. The van der Waals surface area contributed by atoms with E-state index in [1.165, 1.54) is 18.2 Å². The van der Waals surface area contributed by atoms with E-state index in [9.17, 15) is 4.79 Å². The molecule has 0 radical (unpaired) electrons. The van der Waals surface area contributed by atoms with Gasteiger partial charge in [0.2, 0.25) is 0 Å². The molecule has 0 unspecified atom stereocenters. The van der Waals surface area contributed by atoms with Crippen LogP contribution in [0.1, 0.15) is 5.56 Å². The summed E-state index contributed by atoms with van der Waals surface area (Å²) in [6, 6.07) is 10.9. The van der Waals surface area contributed by atoms with Crippen LogP contribution in [0.25, 0.3) is 5.53 Å². The zero-order valence-electron chi connectivity index (χ0n) is 10.4. The molecule has 21 heavy (non-hydrogen) atoms. The van der Waals surface area contributed by atoms with Crippen molar-refractivity contribution in [1.82, 2.24) is 0 Å². The Balaban J connectivity index is 2.33. The van der Waals surface area contributed by atoms with Crippen molar-refractivity contribution >= 4 is 46.5 Å². The van der Waals surface area contributed by atoms with Crippen LogP contribution in [0.4, 0.5) is 0 Å². The number of nitrogens with zero attached hydrogens (tertiary/aromatic N) is 2. The van der Waals surface area contributed by atoms with E-state index in [2.05, 4.69) is 4.79 Å². The monoisotopic (exact) mass is 340 g/mol. The molecule has 0 heterocycles. The lowest BCUT2D eigenvalue weighted by molar-refractivity contribution is -0.131. The lowest BCUT2D eigenvalue weighted by Crippen LogP contribution is -2.22. The lowest BCUT2D eigenvalue weighted by atomic mass is 10.1. The van der Waals surface area contributed by atoms with E-state index in [-0.39, 0.29) is 21.5 Å². The first-order valence-electron chi connectivity index (χ1n) is 5.67.